The standard InChI is InChI=1S/C17H20ClN3O3/c1-3-24-16(22)8-5-9-19-11-15-12(2)20-21(17(15)23)14-7-4-6-13(18)10-14/h4,6-7,10-11,20H,3,5,8-9H2,1-2H3. The minimum Gasteiger partial charge on any atom is -0.466 e. The summed E-state index contributed by atoms with van der Waals surface area (Å²) in [5.74, 6) is -0.228. The van der Waals surface area contributed by atoms with Gasteiger partial charge in [-0.15, -0.1) is 0 Å². The van der Waals surface area contributed by atoms with Crippen LogP contribution in [0.15, 0.2) is 34.1 Å². The van der Waals surface area contributed by atoms with Gasteiger partial charge in [-0.05, 0) is 38.5 Å². The highest BCUT2D eigenvalue weighted by molar-refractivity contribution is 6.30. The second-order valence-corrected chi connectivity index (χ2v) is 5.65. The Morgan fingerprint density at radius 2 is 2.25 bits per heavy atom. The SMILES string of the molecule is CCOC(=O)CCCN=Cc1c(C)[nH]n(-c2cccc(Cl)c2)c1=O. The van der Waals surface area contributed by atoms with Crippen molar-refractivity contribution in [1.29, 1.82) is 0 Å². The zero-order valence-electron chi connectivity index (χ0n) is 13.7. The van der Waals surface area contributed by atoms with E-state index in [1.807, 2.05) is 6.92 Å². The van der Waals surface area contributed by atoms with Crippen LogP contribution in [0.1, 0.15) is 31.0 Å². The molecule has 0 unspecified atom stereocenters. The highest BCUT2D eigenvalue weighted by atomic mass is 35.5. The molecular formula is C17H20ClN3O3. The molecule has 1 aromatic carbocycles. The molecule has 6 nitrogen and oxygen atoms in total. The fraction of sp³-hybridized carbons (Fsp3) is 0.353. The van der Waals surface area contributed by atoms with Crippen molar-refractivity contribution in [3.05, 3.63) is 50.9 Å². The number of nitrogens with one attached hydrogen (secondary N) is 1. The number of esters is 1. The second-order valence-electron chi connectivity index (χ2n) is 5.21. The van der Waals surface area contributed by atoms with Gasteiger partial charge in [0.1, 0.15) is 0 Å². The van der Waals surface area contributed by atoms with E-state index in [1.54, 1.807) is 37.4 Å². The van der Waals surface area contributed by atoms with Crippen LogP contribution in [-0.4, -0.2) is 35.1 Å². The third-order valence-electron chi connectivity index (χ3n) is 3.38. The van der Waals surface area contributed by atoms with Crippen LogP contribution < -0.4 is 5.56 Å². The maximum atomic E-state index is 12.5. The molecule has 1 heterocycles. The molecule has 0 aliphatic heterocycles. The summed E-state index contributed by atoms with van der Waals surface area (Å²) in [6.45, 7) is 4.42. The van der Waals surface area contributed by atoms with Crippen LogP contribution in [0.25, 0.3) is 5.69 Å². The Balaban J connectivity index is 2.05. The number of H-pyrrole nitrogens is 1. The van der Waals surface area contributed by atoms with Gasteiger partial charge in [0.2, 0.25) is 0 Å². The van der Waals surface area contributed by atoms with E-state index in [0.717, 1.165) is 0 Å². The average molecular weight is 350 g/mol. The van der Waals surface area contributed by atoms with Crippen LogP contribution in [0.4, 0.5) is 0 Å². The monoisotopic (exact) mass is 349 g/mol. The molecule has 0 fully saturated rings. The van der Waals surface area contributed by atoms with Gasteiger partial charge in [-0.2, -0.15) is 0 Å². The predicted molar refractivity (Wildman–Crippen MR) is 94.5 cm³/mol. The molecule has 2 aromatic rings. The maximum Gasteiger partial charge on any atom is 0.305 e. The third-order valence-corrected chi connectivity index (χ3v) is 3.61. The van der Waals surface area contributed by atoms with E-state index in [2.05, 4.69) is 10.1 Å². The minimum atomic E-state index is -0.228. The molecule has 1 aromatic heterocycles. The Kier molecular flexibility index (Phi) is 6.37. The van der Waals surface area contributed by atoms with Crippen LogP contribution in [-0.2, 0) is 9.53 Å². The summed E-state index contributed by atoms with van der Waals surface area (Å²) in [4.78, 5) is 27.9. The Labute approximate surface area is 145 Å². The Hall–Kier alpha value is -2.34. The van der Waals surface area contributed by atoms with Gasteiger partial charge in [-0.1, -0.05) is 17.7 Å². The summed E-state index contributed by atoms with van der Waals surface area (Å²) in [6, 6.07) is 7.03. The van der Waals surface area contributed by atoms with E-state index in [0.29, 0.717) is 48.0 Å². The topological polar surface area (TPSA) is 76.4 Å². The third kappa shape index (κ3) is 4.58. The Morgan fingerprint density at radius 3 is 2.96 bits per heavy atom. The molecule has 0 amide bonds. The number of halogens is 1. The number of ether oxygens (including phenoxy) is 1. The number of aromatic amines is 1. The summed E-state index contributed by atoms with van der Waals surface area (Å²) in [5.41, 5.74) is 1.68. The molecule has 0 saturated heterocycles. The van der Waals surface area contributed by atoms with Crippen molar-refractivity contribution >= 4 is 23.8 Å². The first-order valence-electron chi connectivity index (χ1n) is 7.76. The summed E-state index contributed by atoms with van der Waals surface area (Å²) in [6.07, 6.45) is 2.45. The van der Waals surface area contributed by atoms with Gasteiger partial charge in [-0.3, -0.25) is 19.7 Å². The molecule has 0 aliphatic rings. The number of aromatic nitrogens is 2. The first-order chi connectivity index (χ1) is 11.5. The normalized spacial score (nSPS) is 11.1. The molecule has 0 aliphatic carbocycles. The van der Waals surface area contributed by atoms with Crippen molar-refractivity contribution in [3.8, 4) is 5.69 Å². The first kappa shape index (κ1) is 18.0. The van der Waals surface area contributed by atoms with Gasteiger partial charge >= 0.3 is 5.97 Å². The van der Waals surface area contributed by atoms with Crippen LogP contribution >= 0.6 is 11.6 Å². The van der Waals surface area contributed by atoms with E-state index in [-0.39, 0.29) is 11.5 Å². The molecule has 2 rings (SSSR count). The first-order valence-corrected chi connectivity index (χ1v) is 8.13. The summed E-state index contributed by atoms with van der Waals surface area (Å²) < 4.78 is 6.28. The number of benzene rings is 1. The highest BCUT2D eigenvalue weighted by Crippen LogP contribution is 2.13. The number of carbonyl (C=O) groups is 1. The Bertz CT molecular complexity index is 793. The fourth-order valence-corrected chi connectivity index (χ4v) is 2.40. The number of rotatable bonds is 7. The van der Waals surface area contributed by atoms with E-state index < -0.39 is 0 Å². The van der Waals surface area contributed by atoms with Crippen molar-refractivity contribution in [3.63, 3.8) is 0 Å². The lowest BCUT2D eigenvalue weighted by Crippen LogP contribution is -2.17. The van der Waals surface area contributed by atoms with Crippen LogP contribution in [0.3, 0.4) is 0 Å². The van der Waals surface area contributed by atoms with Crippen molar-refractivity contribution in [2.24, 2.45) is 4.99 Å². The molecule has 24 heavy (non-hydrogen) atoms. The maximum absolute atomic E-state index is 12.5. The van der Waals surface area contributed by atoms with Gasteiger partial charge < -0.3 is 4.74 Å². The number of carbonyl (C=O) groups excluding carboxylic acids is 1. The van der Waals surface area contributed by atoms with Gasteiger partial charge in [0.15, 0.2) is 0 Å². The van der Waals surface area contributed by atoms with E-state index >= 15 is 0 Å². The van der Waals surface area contributed by atoms with Crippen LogP contribution in [0.5, 0.6) is 0 Å². The van der Waals surface area contributed by atoms with Crippen LogP contribution in [0.2, 0.25) is 5.02 Å². The molecule has 7 heteroatoms. The number of aryl methyl sites for hydroxylation is 1. The van der Waals surface area contributed by atoms with Gasteiger partial charge in [0.05, 0.1) is 17.9 Å². The lowest BCUT2D eigenvalue weighted by Gasteiger charge is -2.01. The zero-order valence-corrected chi connectivity index (χ0v) is 14.5. The van der Waals surface area contributed by atoms with Crippen molar-refractivity contribution < 1.29 is 9.53 Å². The van der Waals surface area contributed by atoms with Crippen molar-refractivity contribution in [2.45, 2.75) is 26.7 Å². The van der Waals surface area contributed by atoms with E-state index in [9.17, 15) is 9.59 Å². The van der Waals surface area contributed by atoms with Crippen molar-refractivity contribution in [1.82, 2.24) is 9.78 Å². The smallest absolute Gasteiger partial charge is 0.305 e. The molecular weight excluding hydrogens is 330 g/mol. The minimum absolute atomic E-state index is 0.191. The highest BCUT2D eigenvalue weighted by Gasteiger charge is 2.10. The predicted octanol–water partition coefficient (Wildman–Crippen LogP) is 2.89. The van der Waals surface area contributed by atoms with Gasteiger partial charge in [-0.25, -0.2) is 4.68 Å². The number of nitrogens with zero attached hydrogens (tertiary/aromatic N) is 2. The zero-order chi connectivity index (χ0) is 17.5. The number of hydrogen-bond acceptors (Lipinski definition) is 4. The number of aliphatic imine (C=N–C) groups is 1. The molecule has 0 atom stereocenters. The molecule has 1 N–H and O–H groups in total. The lowest BCUT2D eigenvalue weighted by molar-refractivity contribution is -0.143. The summed E-state index contributed by atoms with van der Waals surface area (Å²) in [5, 5.41) is 3.57. The quantitative estimate of drug-likeness (QED) is 0.474. The number of hydrogen-bond donors (Lipinski definition) is 1. The van der Waals surface area contributed by atoms with E-state index in [4.69, 9.17) is 16.3 Å². The molecule has 0 bridgehead atoms. The molecule has 0 spiro atoms. The summed E-state index contributed by atoms with van der Waals surface area (Å²) in [7, 11) is 0. The Morgan fingerprint density at radius 1 is 1.46 bits per heavy atom. The van der Waals surface area contributed by atoms with Gasteiger partial charge in [0.25, 0.3) is 5.56 Å². The molecule has 0 radical (unpaired) electrons. The van der Waals surface area contributed by atoms with E-state index in [1.165, 1.54) is 4.68 Å². The molecule has 0 saturated carbocycles. The second kappa shape index (κ2) is 8.49. The van der Waals surface area contributed by atoms with Crippen molar-refractivity contribution in [2.75, 3.05) is 13.2 Å². The largest absolute Gasteiger partial charge is 0.466 e. The fourth-order valence-electron chi connectivity index (χ4n) is 2.21. The average Bonchev–Trinajstić information content (AvgIpc) is 2.82. The molecule has 128 valence electrons. The van der Waals surface area contributed by atoms with Gasteiger partial charge in [0, 0.05) is 29.9 Å². The lowest BCUT2D eigenvalue weighted by atomic mass is 10.2. The summed E-state index contributed by atoms with van der Waals surface area (Å²) >= 11 is 5.97. The van der Waals surface area contributed by atoms with Crippen LogP contribution in [0, 0.1) is 6.92 Å².